The highest BCUT2D eigenvalue weighted by molar-refractivity contribution is 7.90. The Morgan fingerprint density at radius 3 is 2.00 bits per heavy atom. The second kappa shape index (κ2) is 13.2. The van der Waals surface area contributed by atoms with Gasteiger partial charge in [0.25, 0.3) is 0 Å². The lowest BCUT2D eigenvalue weighted by atomic mass is 9.91. The average molecular weight is 603 g/mol. The molecule has 11 heteroatoms. The number of carbonyl (C=O) groups is 1. The Morgan fingerprint density at radius 1 is 0.895 bits per heavy atom. The predicted molar refractivity (Wildman–Crippen MR) is 151 cm³/mol. The number of hydrogen-bond donors (Lipinski definition) is 1. The number of halogens is 2. The number of rotatable bonds is 14. The van der Waals surface area contributed by atoms with Crippen LogP contribution in [0.3, 0.4) is 0 Å². The van der Waals surface area contributed by atoms with E-state index in [2.05, 4.69) is 4.72 Å². The van der Waals surface area contributed by atoms with E-state index in [4.69, 9.17) is 32.2 Å². The molecule has 0 saturated heterocycles. The zero-order valence-electron chi connectivity index (χ0n) is 21.8. The van der Waals surface area contributed by atoms with Gasteiger partial charge in [-0.1, -0.05) is 105 Å². The normalized spacial score (nSPS) is 18.1. The summed E-state index contributed by atoms with van der Waals surface area (Å²) in [6.45, 7) is 5.92. The van der Waals surface area contributed by atoms with E-state index in [-0.39, 0.29) is 29.2 Å². The van der Waals surface area contributed by atoms with Gasteiger partial charge in [-0.05, 0) is 31.9 Å². The number of allylic oxidation sites excluding steroid dienone is 1. The van der Waals surface area contributed by atoms with Crippen molar-refractivity contribution in [2.45, 2.75) is 69.5 Å². The third kappa shape index (κ3) is 6.28. The fraction of sp³-hybridized carbons (Fsp3) is 0.444. The lowest BCUT2D eigenvalue weighted by Gasteiger charge is -2.42. The van der Waals surface area contributed by atoms with E-state index in [1.807, 2.05) is 20.8 Å². The van der Waals surface area contributed by atoms with Gasteiger partial charge < -0.3 is 9.05 Å². The molecule has 2 aromatic carbocycles. The molecule has 1 N–H and O–H groups in total. The van der Waals surface area contributed by atoms with Gasteiger partial charge in [-0.3, -0.25) is 9.36 Å². The standard InChI is InChI=1S/C27H34Cl2NO6PS/c1-4-6-10-18-35-37(32,36-19-11-7-5-2)27(30-38(33,34)21-16-14-20(3)15-17-21)23-13-9-8-12-22(23)25(31)24(28)26(27)29/h8-9,12-17,30H,4-7,10-11,18-19H2,1-3H3. The van der Waals surface area contributed by atoms with E-state index in [0.29, 0.717) is 12.8 Å². The zero-order valence-corrected chi connectivity index (χ0v) is 25.1. The number of nitrogens with one attached hydrogen (secondary N) is 1. The van der Waals surface area contributed by atoms with Crippen LogP contribution < -0.4 is 4.72 Å². The Morgan fingerprint density at radius 2 is 1.45 bits per heavy atom. The number of carbonyl (C=O) groups excluding carboxylic acids is 1. The second-order valence-electron chi connectivity index (χ2n) is 9.21. The first-order chi connectivity index (χ1) is 18.0. The maximum Gasteiger partial charge on any atom is 0.361 e. The molecule has 0 saturated carbocycles. The quantitative estimate of drug-likeness (QED) is 0.177. The summed E-state index contributed by atoms with van der Waals surface area (Å²) >= 11 is 13.2. The monoisotopic (exact) mass is 601 g/mol. The van der Waals surface area contributed by atoms with Crippen LogP contribution in [0.2, 0.25) is 0 Å². The van der Waals surface area contributed by atoms with E-state index in [0.717, 1.165) is 31.2 Å². The summed E-state index contributed by atoms with van der Waals surface area (Å²) in [5.74, 6) is -0.610. The van der Waals surface area contributed by atoms with Crippen molar-refractivity contribution < 1.29 is 26.8 Å². The molecule has 2 aromatic rings. The van der Waals surface area contributed by atoms with E-state index >= 15 is 0 Å². The molecular weight excluding hydrogens is 568 g/mol. The number of aryl methyl sites for hydroxylation is 1. The van der Waals surface area contributed by atoms with Crippen LogP contribution in [0.5, 0.6) is 0 Å². The third-order valence-corrected chi connectivity index (χ3v) is 11.4. The van der Waals surface area contributed by atoms with Gasteiger partial charge in [0.1, 0.15) is 5.03 Å². The van der Waals surface area contributed by atoms with E-state index in [1.165, 1.54) is 24.3 Å². The molecule has 1 atom stereocenters. The van der Waals surface area contributed by atoms with Crippen molar-refractivity contribution in [3.63, 3.8) is 0 Å². The number of Topliss-reactive ketones (excluding diaryl/α,β-unsaturated/α-hetero) is 1. The van der Waals surface area contributed by atoms with Gasteiger partial charge in [0, 0.05) is 11.1 Å². The SMILES string of the molecule is CCCCCOP(=O)(OCCCCC)C1(NS(=O)(=O)c2ccc(C)cc2)C(Cl)=C(Cl)C(=O)c2ccccc21. The van der Waals surface area contributed by atoms with E-state index < -0.39 is 38.7 Å². The highest BCUT2D eigenvalue weighted by Crippen LogP contribution is 2.70. The van der Waals surface area contributed by atoms with Gasteiger partial charge in [0.15, 0.2) is 5.28 Å². The van der Waals surface area contributed by atoms with Crippen LogP contribution in [0.25, 0.3) is 0 Å². The molecule has 7 nitrogen and oxygen atoms in total. The molecule has 3 rings (SSSR count). The molecule has 1 unspecified atom stereocenters. The molecule has 0 aromatic heterocycles. The van der Waals surface area contributed by atoms with Crippen LogP contribution in [-0.2, 0) is 28.9 Å². The number of benzene rings is 2. The molecule has 0 heterocycles. The third-order valence-electron chi connectivity index (χ3n) is 6.31. The van der Waals surface area contributed by atoms with Gasteiger partial charge in [0.2, 0.25) is 15.8 Å². The van der Waals surface area contributed by atoms with Gasteiger partial charge >= 0.3 is 7.60 Å². The largest absolute Gasteiger partial charge is 0.361 e. The van der Waals surface area contributed by atoms with Crippen LogP contribution in [0, 0.1) is 6.92 Å². The summed E-state index contributed by atoms with van der Waals surface area (Å²) in [5, 5.41) is -3.18. The smallest absolute Gasteiger partial charge is 0.307 e. The molecule has 0 bridgehead atoms. The summed E-state index contributed by atoms with van der Waals surface area (Å²) in [4.78, 5) is 13.0. The summed E-state index contributed by atoms with van der Waals surface area (Å²) in [5.41, 5.74) is 0.977. The lowest BCUT2D eigenvalue weighted by Crippen LogP contribution is -2.50. The minimum atomic E-state index is -4.50. The second-order valence-corrected chi connectivity index (χ2v) is 13.8. The average Bonchev–Trinajstić information content (AvgIpc) is 2.90. The number of fused-ring (bicyclic) bond motifs is 1. The molecule has 0 aliphatic heterocycles. The fourth-order valence-corrected chi connectivity index (χ4v) is 9.17. The molecule has 0 spiro atoms. The summed E-state index contributed by atoms with van der Waals surface area (Å²) < 4.78 is 57.1. The number of hydrogen-bond acceptors (Lipinski definition) is 6. The Bertz CT molecular complexity index is 1310. The van der Waals surface area contributed by atoms with Gasteiger partial charge in [-0.2, -0.15) is 4.72 Å². The van der Waals surface area contributed by atoms with Crippen molar-refractivity contribution in [2.75, 3.05) is 13.2 Å². The zero-order chi connectivity index (χ0) is 28.0. The van der Waals surface area contributed by atoms with Crippen molar-refractivity contribution in [1.82, 2.24) is 4.72 Å². The molecular formula is C27H34Cl2NO6PS. The lowest BCUT2D eigenvalue weighted by molar-refractivity contribution is 0.103. The first-order valence-electron chi connectivity index (χ1n) is 12.7. The van der Waals surface area contributed by atoms with Gasteiger partial charge in [0.05, 0.1) is 23.1 Å². The summed E-state index contributed by atoms with van der Waals surface area (Å²) in [6.07, 6.45) is 4.51. The van der Waals surface area contributed by atoms with Gasteiger partial charge in [-0.15, -0.1) is 0 Å². The fourth-order valence-electron chi connectivity index (χ4n) is 4.19. The number of sulfonamides is 1. The van der Waals surface area contributed by atoms with Crippen LogP contribution in [0.15, 0.2) is 63.5 Å². The van der Waals surface area contributed by atoms with Crippen molar-refractivity contribution in [3.8, 4) is 0 Å². The molecule has 0 fully saturated rings. The highest BCUT2D eigenvalue weighted by atomic mass is 35.5. The minimum Gasteiger partial charge on any atom is -0.307 e. The number of ketones is 1. The van der Waals surface area contributed by atoms with Crippen LogP contribution >= 0.6 is 30.8 Å². The van der Waals surface area contributed by atoms with Crippen molar-refractivity contribution in [1.29, 1.82) is 0 Å². The first kappa shape index (κ1) is 31.0. The van der Waals surface area contributed by atoms with Crippen LogP contribution in [0.1, 0.15) is 73.9 Å². The maximum absolute atomic E-state index is 14.9. The Labute approximate surface area is 235 Å². The first-order valence-corrected chi connectivity index (χ1v) is 16.5. The topological polar surface area (TPSA) is 98.8 Å². The van der Waals surface area contributed by atoms with Crippen LogP contribution in [-0.4, -0.2) is 27.4 Å². The summed E-state index contributed by atoms with van der Waals surface area (Å²) in [6, 6.07) is 12.3. The molecule has 0 amide bonds. The molecule has 1 aliphatic carbocycles. The van der Waals surface area contributed by atoms with Crippen molar-refractivity contribution >= 4 is 46.6 Å². The Kier molecular flexibility index (Phi) is 10.8. The van der Waals surface area contributed by atoms with Crippen molar-refractivity contribution in [3.05, 3.63) is 75.3 Å². The molecule has 0 radical (unpaired) electrons. The van der Waals surface area contributed by atoms with Crippen molar-refractivity contribution in [2.24, 2.45) is 0 Å². The molecule has 1 aliphatic rings. The summed E-state index contributed by atoms with van der Waals surface area (Å²) in [7, 11) is -8.88. The highest BCUT2D eigenvalue weighted by Gasteiger charge is 2.61. The maximum atomic E-state index is 14.9. The van der Waals surface area contributed by atoms with Gasteiger partial charge in [-0.25, -0.2) is 8.42 Å². The van der Waals surface area contributed by atoms with E-state index in [1.54, 1.807) is 24.3 Å². The Balaban J connectivity index is 2.28. The van der Waals surface area contributed by atoms with Crippen LogP contribution in [0.4, 0.5) is 0 Å². The molecule has 208 valence electrons. The predicted octanol–water partition coefficient (Wildman–Crippen LogP) is 7.62. The number of unbranched alkanes of at least 4 members (excludes halogenated alkanes) is 4. The Hall–Kier alpha value is -1.51. The minimum absolute atomic E-state index is 0.0325. The molecule has 38 heavy (non-hydrogen) atoms. The van der Waals surface area contributed by atoms with E-state index in [9.17, 15) is 17.8 Å².